The molecule has 32 heavy (non-hydrogen) atoms. The predicted molar refractivity (Wildman–Crippen MR) is 130 cm³/mol. The molecule has 182 valence electrons. The van der Waals surface area contributed by atoms with E-state index in [1.54, 1.807) is 11.4 Å². The Morgan fingerprint density at radius 1 is 1.00 bits per heavy atom. The second kappa shape index (κ2) is 12.1. The van der Waals surface area contributed by atoms with E-state index in [4.69, 9.17) is 4.74 Å². The van der Waals surface area contributed by atoms with Gasteiger partial charge in [0.05, 0.1) is 4.91 Å². The highest BCUT2D eigenvalue weighted by Gasteiger charge is 2.30. The number of sulfonamides is 1. The third-order valence-electron chi connectivity index (χ3n) is 6.18. The Morgan fingerprint density at radius 3 is 2.12 bits per heavy atom. The number of amides is 1. The van der Waals surface area contributed by atoms with Crippen LogP contribution in [0.3, 0.4) is 0 Å². The van der Waals surface area contributed by atoms with Gasteiger partial charge in [-0.1, -0.05) is 23.3 Å². The SMILES string of the molecule is CC1=CC(C)=C(S(=O)(=O)N2CCCC2)CC(C)=C1.COCC(=O)N1CCN(C(C)C)CC1. The molecule has 0 aromatic carbocycles. The van der Waals surface area contributed by atoms with Gasteiger partial charge in [-0.3, -0.25) is 9.69 Å². The van der Waals surface area contributed by atoms with Crippen molar-refractivity contribution in [3.63, 3.8) is 0 Å². The molecule has 2 saturated heterocycles. The molecule has 0 aromatic rings. The number of carbonyl (C=O) groups excluding carboxylic acids is 1. The lowest BCUT2D eigenvalue weighted by atomic mass is 10.2. The Labute approximate surface area is 194 Å². The number of carbonyl (C=O) groups is 1. The summed E-state index contributed by atoms with van der Waals surface area (Å²) in [5, 5.41) is 0. The van der Waals surface area contributed by atoms with Crippen LogP contribution in [0.4, 0.5) is 0 Å². The van der Waals surface area contributed by atoms with Gasteiger partial charge < -0.3 is 9.64 Å². The van der Waals surface area contributed by atoms with E-state index in [-0.39, 0.29) is 12.5 Å². The second-order valence-corrected chi connectivity index (χ2v) is 11.2. The molecule has 0 atom stereocenters. The summed E-state index contributed by atoms with van der Waals surface area (Å²) >= 11 is 0. The van der Waals surface area contributed by atoms with Crippen LogP contribution in [0.5, 0.6) is 0 Å². The third-order valence-corrected chi connectivity index (χ3v) is 8.31. The zero-order valence-corrected chi connectivity index (χ0v) is 21.5. The van der Waals surface area contributed by atoms with Crippen LogP contribution in [0.25, 0.3) is 0 Å². The summed E-state index contributed by atoms with van der Waals surface area (Å²) in [6.45, 7) is 15.5. The topological polar surface area (TPSA) is 70.2 Å². The Kier molecular flexibility index (Phi) is 10.1. The monoisotopic (exact) mass is 467 g/mol. The van der Waals surface area contributed by atoms with Crippen molar-refractivity contribution < 1.29 is 17.9 Å². The average molecular weight is 468 g/mol. The highest BCUT2D eigenvalue weighted by molar-refractivity contribution is 7.93. The first-order valence-electron chi connectivity index (χ1n) is 11.6. The fourth-order valence-electron chi connectivity index (χ4n) is 4.38. The Bertz CT molecular complexity index is 844. The molecule has 3 rings (SSSR count). The van der Waals surface area contributed by atoms with Crippen molar-refractivity contribution in [3.8, 4) is 0 Å². The summed E-state index contributed by atoms with van der Waals surface area (Å²) in [5.41, 5.74) is 3.11. The van der Waals surface area contributed by atoms with Crippen LogP contribution in [0, 0.1) is 0 Å². The molecular weight excluding hydrogens is 426 g/mol. The van der Waals surface area contributed by atoms with Gasteiger partial charge in [0.2, 0.25) is 15.9 Å². The quantitative estimate of drug-likeness (QED) is 0.621. The molecule has 0 saturated carbocycles. The lowest BCUT2D eigenvalue weighted by Gasteiger charge is -2.36. The van der Waals surface area contributed by atoms with E-state index >= 15 is 0 Å². The van der Waals surface area contributed by atoms with E-state index in [1.807, 2.05) is 31.7 Å². The number of rotatable bonds is 5. The first kappa shape index (κ1) is 26.8. The molecule has 0 spiro atoms. The molecule has 0 unspecified atom stereocenters. The van der Waals surface area contributed by atoms with Crippen molar-refractivity contribution in [3.05, 3.63) is 33.8 Å². The predicted octanol–water partition coefficient (Wildman–Crippen LogP) is 3.17. The molecule has 8 heteroatoms. The number of allylic oxidation sites excluding steroid dienone is 6. The molecule has 1 amide bonds. The molecule has 0 N–H and O–H groups in total. The van der Waals surface area contributed by atoms with E-state index in [0.717, 1.165) is 55.7 Å². The van der Waals surface area contributed by atoms with Gasteiger partial charge in [0, 0.05) is 58.8 Å². The fourth-order valence-corrected chi connectivity index (χ4v) is 6.30. The number of piperazine rings is 1. The molecular formula is C24H41N3O4S. The van der Waals surface area contributed by atoms with Crippen molar-refractivity contribution >= 4 is 15.9 Å². The van der Waals surface area contributed by atoms with Gasteiger partial charge in [0.15, 0.2) is 0 Å². The molecule has 0 aromatic heterocycles. The molecule has 7 nitrogen and oxygen atoms in total. The maximum Gasteiger partial charge on any atom is 0.248 e. The van der Waals surface area contributed by atoms with Gasteiger partial charge in [-0.15, -0.1) is 0 Å². The molecule has 2 heterocycles. The highest BCUT2D eigenvalue weighted by Crippen LogP contribution is 2.30. The molecule has 0 bridgehead atoms. The van der Waals surface area contributed by atoms with Crippen LogP contribution in [0.2, 0.25) is 0 Å². The Balaban J connectivity index is 0.000000235. The van der Waals surface area contributed by atoms with Crippen LogP contribution in [0.1, 0.15) is 53.9 Å². The maximum absolute atomic E-state index is 12.6. The van der Waals surface area contributed by atoms with Gasteiger partial charge in [0.25, 0.3) is 0 Å². The molecule has 2 aliphatic heterocycles. The molecule has 2 fully saturated rings. The van der Waals surface area contributed by atoms with E-state index in [0.29, 0.717) is 30.5 Å². The van der Waals surface area contributed by atoms with Gasteiger partial charge in [-0.05, 0) is 53.0 Å². The first-order valence-corrected chi connectivity index (χ1v) is 13.1. The molecule has 3 aliphatic rings. The number of nitrogens with zero attached hydrogens (tertiary/aromatic N) is 3. The summed E-state index contributed by atoms with van der Waals surface area (Å²) in [6.07, 6.45) is 6.54. The zero-order chi connectivity index (χ0) is 23.9. The van der Waals surface area contributed by atoms with Crippen molar-refractivity contribution in [1.82, 2.24) is 14.1 Å². The smallest absolute Gasteiger partial charge is 0.248 e. The van der Waals surface area contributed by atoms with Gasteiger partial charge in [-0.2, -0.15) is 4.31 Å². The van der Waals surface area contributed by atoms with E-state index in [9.17, 15) is 13.2 Å². The number of hydrogen-bond donors (Lipinski definition) is 0. The Morgan fingerprint density at radius 2 is 1.59 bits per heavy atom. The molecule has 0 radical (unpaired) electrons. The summed E-state index contributed by atoms with van der Waals surface area (Å²) in [4.78, 5) is 16.3. The normalized spacial score (nSPS) is 21.2. The van der Waals surface area contributed by atoms with E-state index < -0.39 is 10.0 Å². The minimum atomic E-state index is -3.26. The minimum absolute atomic E-state index is 0.107. The lowest BCUT2D eigenvalue weighted by molar-refractivity contribution is -0.137. The fraction of sp³-hybridized carbons (Fsp3) is 0.708. The number of hydrogen-bond acceptors (Lipinski definition) is 5. The van der Waals surface area contributed by atoms with Crippen LogP contribution in [-0.4, -0.2) is 87.5 Å². The second-order valence-electron chi connectivity index (χ2n) is 9.22. The van der Waals surface area contributed by atoms with Crippen molar-refractivity contribution in [2.45, 2.75) is 59.9 Å². The van der Waals surface area contributed by atoms with Crippen molar-refractivity contribution in [2.75, 3.05) is 53.0 Å². The largest absolute Gasteiger partial charge is 0.375 e. The molecule has 1 aliphatic carbocycles. The number of methoxy groups -OCH3 is 1. The number of ether oxygens (including phenoxy) is 1. The van der Waals surface area contributed by atoms with Gasteiger partial charge in [0.1, 0.15) is 6.61 Å². The van der Waals surface area contributed by atoms with E-state index in [1.165, 1.54) is 0 Å². The zero-order valence-electron chi connectivity index (χ0n) is 20.7. The minimum Gasteiger partial charge on any atom is -0.375 e. The average Bonchev–Trinajstić information content (AvgIpc) is 3.24. The highest BCUT2D eigenvalue weighted by atomic mass is 32.2. The summed E-state index contributed by atoms with van der Waals surface area (Å²) < 4.78 is 31.7. The van der Waals surface area contributed by atoms with Crippen molar-refractivity contribution in [2.24, 2.45) is 0 Å². The van der Waals surface area contributed by atoms with Crippen LogP contribution in [-0.2, 0) is 19.6 Å². The Hall–Kier alpha value is -1.48. The summed E-state index contributed by atoms with van der Waals surface area (Å²) in [6, 6.07) is 0.578. The lowest BCUT2D eigenvalue weighted by Crippen LogP contribution is -2.51. The third kappa shape index (κ3) is 7.27. The van der Waals surface area contributed by atoms with Gasteiger partial charge in [-0.25, -0.2) is 8.42 Å². The first-order chi connectivity index (χ1) is 15.1. The van der Waals surface area contributed by atoms with Crippen LogP contribution >= 0.6 is 0 Å². The van der Waals surface area contributed by atoms with Crippen LogP contribution in [0.15, 0.2) is 33.8 Å². The van der Waals surface area contributed by atoms with Gasteiger partial charge >= 0.3 is 0 Å². The standard InChI is InChI=1S/C14H21NO2S.C10H20N2O2/c1-11-8-12(2)10-14(13(3)9-11)18(16,17)15-6-4-5-7-15;1-9(2)11-4-6-12(7-5-11)10(13)8-14-3/h8-9H,4-7,10H2,1-3H3;9H,4-8H2,1-3H3. The maximum atomic E-state index is 12.6. The summed E-state index contributed by atoms with van der Waals surface area (Å²) in [5.74, 6) is 0.107. The van der Waals surface area contributed by atoms with Crippen LogP contribution < -0.4 is 0 Å². The summed E-state index contributed by atoms with van der Waals surface area (Å²) in [7, 11) is -1.71. The van der Waals surface area contributed by atoms with E-state index in [2.05, 4.69) is 24.8 Å². The van der Waals surface area contributed by atoms with Crippen molar-refractivity contribution in [1.29, 1.82) is 0 Å².